The number of likely N-dealkylation sites (tertiary alicyclic amines) is 1. The van der Waals surface area contributed by atoms with Crippen molar-refractivity contribution in [3.8, 4) is 17.5 Å². The molecule has 0 saturated carbocycles. The monoisotopic (exact) mass is 421 g/mol. The zero-order valence-electron chi connectivity index (χ0n) is 16.4. The van der Waals surface area contributed by atoms with Gasteiger partial charge in [0.25, 0.3) is 0 Å². The number of ether oxygens (including phenoxy) is 1. The van der Waals surface area contributed by atoms with Crippen LogP contribution in [0.2, 0.25) is 5.02 Å². The smallest absolute Gasteiger partial charge is 0.245 e. The summed E-state index contributed by atoms with van der Waals surface area (Å²) in [5.74, 6) is 1.45. The summed E-state index contributed by atoms with van der Waals surface area (Å²) in [6.07, 6.45) is 2.48. The van der Waals surface area contributed by atoms with Crippen molar-refractivity contribution in [2.75, 3.05) is 19.0 Å². The molecule has 1 aromatic heterocycles. The largest absolute Gasteiger partial charge is 0.497 e. The third kappa shape index (κ3) is 4.09. The van der Waals surface area contributed by atoms with E-state index in [-0.39, 0.29) is 11.9 Å². The van der Waals surface area contributed by atoms with E-state index in [0.29, 0.717) is 41.6 Å². The molecular formula is C22H20ClN5O2. The van der Waals surface area contributed by atoms with Gasteiger partial charge < -0.3 is 15.0 Å². The SMILES string of the molecule is COc1ccc(CN2CCC(Nc3ccn(-c4ccc(C#N)cc4Cl)n3)C2=O)cc1. The van der Waals surface area contributed by atoms with Gasteiger partial charge in [-0.05, 0) is 42.3 Å². The van der Waals surface area contributed by atoms with Crippen LogP contribution in [0.5, 0.6) is 5.75 Å². The molecule has 152 valence electrons. The van der Waals surface area contributed by atoms with Gasteiger partial charge in [0.15, 0.2) is 0 Å². The fourth-order valence-electron chi connectivity index (χ4n) is 3.46. The van der Waals surface area contributed by atoms with Crippen molar-refractivity contribution in [2.45, 2.75) is 19.0 Å². The van der Waals surface area contributed by atoms with E-state index >= 15 is 0 Å². The van der Waals surface area contributed by atoms with E-state index < -0.39 is 0 Å². The molecule has 1 saturated heterocycles. The van der Waals surface area contributed by atoms with E-state index in [4.69, 9.17) is 21.6 Å². The maximum atomic E-state index is 12.8. The minimum Gasteiger partial charge on any atom is -0.497 e. The fraction of sp³-hybridized carbons (Fsp3) is 0.227. The Kier molecular flexibility index (Phi) is 5.59. The lowest BCUT2D eigenvalue weighted by atomic mass is 10.2. The first-order valence-corrected chi connectivity index (χ1v) is 9.89. The van der Waals surface area contributed by atoms with Crippen molar-refractivity contribution in [3.63, 3.8) is 0 Å². The number of anilines is 1. The van der Waals surface area contributed by atoms with E-state index in [9.17, 15) is 4.79 Å². The highest BCUT2D eigenvalue weighted by molar-refractivity contribution is 6.32. The Bertz CT molecular complexity index is 1100. The van der Waals surface area contributed by atoms with Gasteiger partial charge in [0.05, 0.1) is 29.5 Å². The number of nitrogens with zero attached hydrogens (tertiary/aromatic N) is 4. The minimum absolute atomic E-state index is 0.0526. The Morgan fingerprint density at radius 2 is 2.07 bits per heavy atom. The van der Waals surface area contributed by atoms with Crippen LogP contribution in [0, 0.1) is 11.3 Å². The highest BCUT2D eigenvalue weighted by Gasteiger charge is 2.31. The maximum Gasteiger partial charge on any atom is 0.245 e. The average molecular weight is 422 g/mol. The van der Waals surface area contributed by atoms with Gasteiger partial charge in [0.1, 0.15) is 17.6 Å². The molecule has 1 unspecified atom stereocenters. The third-order valence-corrected chi connectivity index (χ3v) is 5.37. The molecule has 1 atom stereocenters. The molecule has 30 heavy (non-hydrogen) atoms. The summed E-state index contributed by atoms with van der Waals surface area (Å²) in [6.45, 7) is 1.25. The second-order valence-electron chi connectivity index (χ2n) is 7.02. The van der Waals surface area contributed by atoms with E-state index in [1.807, 2.05) is 29.2 Å². The van der Waals surface area contributed by atoms with E-state index in [1.165, 1.54) is 0 Å². The minimum atomic E-state index is -0.317. The van der Waals surface area contributed by atoms with Gasteiger partial charge in [-0.15, -0.1) is 0 Å². The van der Waals surface area contributed by atoms with Crippen molar-refractivity contribution in [1.82, 2.24) is 14.7 Å². The molecule has 1 fully saturated rings. The molecule has 0 radical (unpaired) electrons. The van der Waals surface area contributed by atoms with Crippen molar-refractivity contribution in [3.05, 3.63) is 70.9 Å². The zero-order valence-corrected chi connectivity index (χ0v) is 17.1. The molecule has 3 aromatic rings. The Labute approximate surface area is 179 Å². The molecule has 1 amide bonds. The van der Waals surface area contributed by atoms with Crippen LogP contribution in [0.1, 0.15) is 17.5 Å². The van der Waals surface area contributed by atoms with E-state index in [2.05, 4.69) is 16.5 Å². The van der Waals surface area contributed by atoms with Gasteiger partial charge >= 0.3 is 0 Å². The van der Waals surface area contributed by atoms with Gasteiger partial charge in [0.2, 0.25) is 5.91 Å². The van der Waals surface area contributed by atoms with Crippen LogP contribution in [0.15, 0.2) is 54.7 Å². The number of nitrogens with one attached hydrogen (secondary N) is 1. The lowest BCUT2D eigenvalue weighted by molar-refractivity contribution is -0.128. The van der Waals surface area contributed by atoms with Crippen molar-refractivity contribution in [2.24, 2.45) is 0 Å². The van der Waals surface area contributed by atoms with Crippen molar-refractivity contribution >= 4 is 23.3 Å². The number of halogens is 1. The molecule has 8 heteroatoms. The number of hydrogen-bond donors (Lipinski definition) is 1. The number of nitriles is 1. The summed E-state index contributed by atoms with van der Waals surface area (Å²) in [6, 6.07) is 16.3. The summed E-state index contributed by atoms with van der Waals surface area (Å²) >= 11 is 6.26. The molecule has 4 rings (SSSR count). The molecule has 0 aliphatic carbocycles. The highest BCUT2D eigenvalue weighted by Crippen LogP contribution is 2.24. The Hall–Kier alpha value is -3.50. The van der Waals surface area contributed by atoms with Gasteiger partial charge in [-0.2, -0.15) is 10.4 Å². The van der Waals surface area contributed by atoms with E-state index in [1.54, 1.807) is 42.3 Å². The number of hydrogen-bond acceptors (Lipinski definition) is 5. The van der Waals surface area contributed by atoms with Crippen LogP contribution in [0.3, 0.4) is 0 Å². The molecular weight excluding hydrogens is 402 g/mol. The van der Waals surface area contributed by atoms with Crippen LogP contribution in [-0.4, -0.2) is 40.3 Å². The highest BCUT2D eigenvalue weighted by atomic mass is 35.5. The first-order valence-electron chi connectivity index (χ1n) is 9.51. The Morgan fingerprint density at radius 3 is 2.77 bits per heavy atom. The third-order valence-electron chi connectivity index (χ3n) is 5.06. The number of aromatic nitrogens is 2. The molecule has 2 heterocycles. The lowest BCUT2D eigenvalue weighted by Crippen LogP contribution is -2.33. The number of rotatable bonds is 6. The second-order valence-corrected chi connectivity index (χ2v) is 7.42. The number of carbonyl (C=O) groups excluding carboxylic acids is 1. The predicted molar refractivity (Wildman–Crippen MR) is 114 cm³/mol. The molecule has 1 aliphatic rings. The summed E-state index contributed by atoms with van der Waals surface area (Å²) < 4.78 is 6.80. The molecule has 2 aromatic carbocycles. The topological polar surface area (TPSA) is 83.2 Å². The van der Waals surface area contributed by atoms with Crippen LogP contribution < -0.4 is 10.1 Å². The summed E-state index contributed by atoms with van der Waals surface area (Å²) in [5, 5.41) is 17.1. The number of benzene rings is 2. The van der Waals surface area contributed by atoms with Crippen LogP contribution in [0.25, 0.3) is 5.69 Å². The Balaban J connectivity index is 1.40. The van der Waals surface area contributed by atoms with Crippen LogP contribution in [-0.2, 0) is 11.3 Å². The first-order chi connectivity index (χ1) is 14.6. The quantitative estimate of drug-likeness (QED) is 0.657. The van der Waals surface area contributed by atoms with Crippen molar-refractivity contribution < 1.29 is 9.53 Å². The van der Waals surface area contributed by atoms with Gasteiger partial charge in [0, 0.05) is 25.4 Å². The lowest BCUT2D eigenvalue weighted by Gasteiger charge is -2.17. The predicted octanol–water partition coefficient (Wildman–Crippen LogP) is 3.62. The van der Waals surface area contributed by atoms with E-state index in [0.717, 1.165) is 11.3 Å². The molecule has 1 N–H and O–H groups in total. The number of methoxy groups -OCH3 is 1. The zero-order chi connectivity index (χ0) is 21.1. The molecule has 0 spiro atoms. The first kappa shape index (κ1) is 19.8. The molecule has 0 bridgehead atoms. The standard InChI is InChI=1S/C22H20ClN5O2/c1-30-17-5-2-15(3-6-17)14-27-10-8-19(22(27)29)25-21-9-11-28(26-21)20-7-4-16(13-24)12-18(20)23/h2-7,9,11-12,19H,8,10,14H2,1H3,(H,25,26). The maximum absolute atomic E-state index is 12.8. The molecule has 1 aliphatic heterocycles. The van der Waals surface area contributed by atoms with Crippen LogP contribution in [0.4, 0.5) is 5.82 Å². The number of carbonyl (C=O) groups is 1. The number of amides is 1. The normalized spacial score (nSPS) is 15.8. The Morgan fingerprint density at radius 1 is 1.27 bits per heavy atom. The van der Waals surface area contributed by atoms with Gasteiger partial charge in [-0.1, -0.05) is 23.7 Å². The fourth-order valence-corrected chi connectivity index (χ4v) is 3.72. The second kappa shape index (κ2) is 8.47. The van der Waals surface area contributed by atoms with Crippen LogP contribution >= 0.6 is 11.6 Å². The summed E-state index contributed by atoms with van der Waals surface area (Å²) in [7, 11) is 1.63. The molecule has 7 nitrogen and oxygen atoms in total. The van der Waals surface area contributed by atoms with Gasteiger partial charge in [-0.25, -0.2) is 4.68 Å². The summed E-state index contributed by atoms with van der Waals surface area (Å²) in [4.78, 5) is 14.6. The van der Waals surface area contributed by atoms with Crippen molar-refractivity contribution in [1.29, 1.82) is 5.26 Å². The average Bonchev–Trinajstić information content (AvgIpc) is 3.36. The van der Waals surface area contributed by atoms with Gasteiger partial charge in [-0.3, -0.25) is 4.79 Å². The summed E-state index contributed by atoms with van der Waals surface area (Å²) in [5.41, 5.74) is 2.22.